The maximum atomic E-state index is 13.7. The molecule has 2 amide bonds. The Labute approximate surface area is 193 Å². The Balaban J connectivity index is 1.42. The number of hydrogen-bond donors (Lipinski definition) is 1. The van der Waals surface area contributed by atoms with Crippen LogP contribution in [-0.2, 0) is 11.0 Å². The minimum absolute atomic E-state index is 0.0500. The van der Waals surface area contributed by atoms with Crippen molar-refractivity contribution in [3.05, 3.63) is 34.2 Å². The predicted molar refractivity (Wildman–Crippen MR) is 113 cm³/mol. The van der Waals surface area contributed by atoms with E-state index in [1.54, 1.807) is 4.90 Å². The van der Waals surface area contributed by atoms with Gasteiger partial charge < -0.3 is 14.9 Å². The molecule has 0 spiro atoms. The van der Waals surface area contributed by atoms with Crippen LogP contribution in [0.3, 0.4) is 0 Å². The number of hydrogen-bond acceptors (Lipinski definition) is 4. The van der Waals surface area contributed by atoms with Gasteiger partial charge in [0.05, 0.1) is 17.7 Å². The number of piperazine rings is 1. The summed E-state index contributed by atoms with van der Waals surface area (Å²) in [6.45, 7) is 0.208. The number of imidazole rings is 1. The molecule has 1 aliphatic heterocycles. The molecule has 2 aromatic rings. The van der Waals surface area contributed by atoms with Crippen LogP contribution >= 0.6 is 11.6 Å². The van der Waals surface area contributed by atoms with E-state index in [4.69, 9.17) is 11.6 Å². The molecule has 0 bridgehead atoms. The van der Waals surface area contributed by atoms with Crippen LogP contribution in [0.25, 0.3) is 5.65 Å². The lowest BCUT2D eigenvalue weighted by Crippen LogP contribution is -2.58. The van der Waals surface area contributed by atoms with Gasteiger partial charge in [-0.2, -0.15) is 13.2 Å². The SMILES string of the molecule is O=C(c1nc2c(C(F)(F)F)cc(C3CC3)cn2c1Cl)N1CCN([C@@H]2CCCCC2O)C(=O)C1. The lowest BCUT2D eigenvalue weighted by Gasteiger charge is -2.42. The topological polar surface area (TPSA) is 78.2 Å². The van der Waals surface area contributed by atoms with Gasteiger partial charge in [-0.15, -0.1) is 0 Å². The summed E-state index contributed by atoms with van der Waals surface area (Å²) in [7, 11) is 0. The minimum atomic E-state index is -4.65. The van der Waals surface area contributed by atoms with Gasteiger partial charge in [0.1, 0.15) is 11.7 Å². The summed E-state index contributed by atoms with van der Waals surface area (Å²) in [5, 5.41) is 10.1. The van der Waals surface area contributed by atoms with Crippen LogP contribution in [0.15, 0.2) is 12.3 Å². The van der Waals surface area contributed by atoms with Gasteiger partial charge in [0, 0.05) is 19.3 Å². The molecule has 3 heterocycles. The average molecular weight is 485 g/mol. The van der Waals surface area contributed by atoms with Crippen molar-refractivity contribution in [3.8, 4) is 0 Å². The van der Waals surface area contributed by atoms with E-state index in [2.05, 4.69) is 4.98 Å². The third kappa shape index (κ3) is 4.07. The molecule has 33 heavy (non-hydrogen) atoms. The van der Waals surface area contributed by atoms with Gasteiger partial charge in [0.2, 0.25) is 5.91 Å². The van der Waals surface area contributed by atoms with Crippen molar-refractivity contribution in [2.45, 2.75) is 62.8 Å². The number of aliphatic hydroxyl groups is 1. The standard InChI is InChI=1S/C22H24ClF3N4O3/c23-19-18(27-20-14(22(24,25)26)9-13(10-30(19)20)12-5-6-12)21(33)28-7-8-29(17(32)11-28)15-3-1-2-4-16(15)31/h9-10,12,15-16,31H,1-8,11H2/t15-,16?/m1/s1. The number of alkyl halides is 3. The normalized spacial score (nSPS) is 24.6. The van der Waals surface area contributed by atoms with Gasteiger partial charge in [0.15, 0.2) is 11.3 Å². The third-order valence-electron chi connectivity index (χ3n) is 6.88. The number of fused-ring (bicyclic) bond motifs is 1. The van der Waals surface area contributed by atoms with Crippen LogP contribution < -0.4 is 0 Å². The molecular weight excluding hydrogens is 461 g/mol. The van der Waals surface area contributed by atoms with Crippen molar-refractivity contribution in [2.75, 3.05) is 19.6 Å². The Kier molecular flexibility index (Phi) is 5.55. The fourth-order valence-electron chi connectivity index (χ4n) is 4.94. The Morgan fingerprint density at radius 1 is 1.15 bits per heavy atom. The van der Waals surface area contributed by atoms with E-state index < -0.39 is 29.4 Å². The zero-order valence-corrected chi connectivity index (χ0v) is 18.6. The smallest absolute Gasteiger partial charge is 0.391 e. The molecule has 2 aliphatic carbocycles. The van der Waals surface area contributed by atoms with Crippen molar-refractivity contribution < 1.29 is 27.9 Å². The number of halogens is 4. The van der Waals surface area contributed by atoms with Crippen LogP contribution in [-0.4, -0.2) is 67.9 Å². The highest BCUT2D eigenvalue weighted by molar-refractivity contribution is 6.33. The Morgan fingerprint density at radius 3 is 2.52 bits per heavy atom. The maximum Gasteiger partial charge on any atom is 0.419 e. The predicted octanol–water partition coefficient (Wildman–Crippen LogP) is 3.47. The first-order valence-electron chi connectivity index (χ1n) is 11.2. The van der Waals surface area contributed by atoms with Crippen molar-refractivity contribution >= 4 is 29.1 Å². The number of carbonyl (C=O) groups is 2. The Morgan fingerprint density at radius 2 is 1.88 bits per heavy atom. The van der Waals surface area contributed by atoms with Crippen LogP contribution in [0.4, 0.5) is 13.2 Å². The van der Waals surface area contributed by atoms with Gasteiger partial charge in [0.25, 0.3) is 5.91 Å². The van der Waals surface area contributed by atoms with Gasteiger partial charge in [-0.1, -0.05) is 24.4 Å². The van der Waals surface area contributed by atoms with E-state index in [0.717, 1.165) is 36.2 Å². The van der Waals surface area contributed by atoms with E-state index >= 15 is 0 Å². The molecule has 3 aliphatic rings. The zero-order valence-electron chi connectivity index (χ0n) is 17.8. The molecule has 3 fully saturated rings. The first kappa shape index (κ1) is 22.5. The van der Waals surface area contributed by atoms with Crippen molar-refractivity contribution in [2.24, 2.45) is 0 Å². The number of carbonyl (C=O) groups excluding carboxylic acids is 2. The number of aliphatic hydroxyl groups excluding tert-OH is 1. The highest BCUT2D eigenvalue weighted by atomic mass is 35.5. The van der Waals surface area contributed by atoms with E-state index in [9.17, 15) is 27.9 Å². The summed E-state index contributed by atoms with van der Waals surface area (Å²) < 4.78 is 42.3. The van der Waals surface area contributed by atoms with Crippen LogP contribution in [0.5, 0.6) is 0 Å². The molecular formula is C22H24ClF3N4O3. The summed E-state index contributed by atoms with van der Waals surface area (Å²) in [6.07, 6.45) is 1.09. The second kappa shape index (κ2) is 8.16. The summed E-state index contributed by atoms with van der Waals surface area (Å²) in [6, 6.07) is 0.819. The Hall–Kier alpha value is -2.33. The number of rotatable bonds is 3. The van der Waals surface area contributed by atoms with E-state index in [-0.39, 0.29) is 48.3 Å². The molecule has 5 rings (SSSR count). The number of nitrogens with zero attached hydrogens (tertiary/aromatic N) is 4. The zero-order chi connectivity index (χ0) is 23.5. The number of aromatic nitrogens is 2. The van der Waals surface area contributed by atoms with Crippen LogP contribution in [0.2, 0.25) is 5.15 Å². The fraction of sp³-hybridized carbons (Fsp3) is 0.591. The molecule has 7 nitrogen and oxygen atoms in total. The lowest BCUT2D eigenvalue weighted by atomic mass is 9.91. The Bertz CT molecular complexity index is 1110. The molecule has 1 N–H and O–H groups in total. The molecule has 11 heteroatoms. The molecule has 2 aromatic heterocycles. The molecule has 0 aromatic carbocycles. The van der Waals surface area contributed by atoms with Crippen molar-refractivity contribution in [3.63, 3.8) is 0 Å². The van der Waals surface area contributed by atoms with Crippen LogP contribution in [0, 0.1) is 0 Å². The largest absolute Gasteiger partial charge is 0.419 e. The van der Waals surface area contributed by atoms with Gasteiger partial charge >= 0.3 is 6.18 Å². The highest BCUT2D eigenvalue weighted by Crippen LogP contribution is 2.43. The highest BCUT2D eigenvalue weighted by Gasteiger charge is 2.40. The summed E-state index contributed by atoms with van der Waals surface area (Å²) in [5.74, 6) is -0.927. The molecule has 0 radical (unpaired) electrons. The number of pyridine rings is 1. The maximum absolute atomic E-state index is 13.7. The number of amides is 2. The summed E-state index contributed by atoms with van der Waals surface area (Å²) in [5.41, 5.74) is -1.13. The molecule has 178 valence electrons. The van der Waals surface area contributed by atoms with Gasteiger partial charge in [-0.25, -0.2) is 4.98 Å². The van der Waals surface area contributed by atoms with Gasteiger partial charge in [-0.05, 0) is 43.2 Å². The van der Waals surface area contributed by atoms with E-state index in [1.165, 1.54) is 11.1 Å². The molecule has 1 saturated heterocycles. The second-order valence-electron chi connectivity index (χ2n) is 9.14. The second-order valence-corrected chi connectivity index (χ2v) is 9.49. The first-order valence-corrected chi connectivity index (χ1v) is 11.6. The fourth-order valence-corrected chi connectivity index (χ4v) is 5.19. The van der Waals surface area contributed by atoms with Crippen LogP contribution in [0.1, 0.15) is 66.1 Å². The molecule has 2 atom stereocenters. The van der Waals surface area contributed by atoms with E-state index in [1.807, 2.05) is 0 Å². The lowest BCUT2D eigenvalue weighted by molar-refractivity contribution is -0.141. The average Bonchev–Trinajstić information content (AvgIpc) is 3.57. The van der Waals surface area contributed by atoms with Crippen molar-refractivity contribution in [1.82, 2.24) is 19.2 Å². The van der Waals surface area contributed by atoms with Gasteiger partial charge in [-0.3, -0.25) is 14.0 Å². The van der Waals surface area contributed by atoms with Crippen molar-refractivity contribution in [1.29, 1.82) is 0 Å². The van der Waals surface area contributed by atoms with E-state index in [0.29, 0.717) is 18.4 Å². The molecule has 1 unspecified atom stereocenters. The quantitative estimate of drug-likeness (QED) is 0.723. The first-order chi connectivity index (χ1) is 15.6. The summed E-state index contributed by atoms with van der Waals surface area (Å²) >= 11 is 6.35. The molecule has 2 saturated carbocycles. The summed E-state index contributed by atoms with van der Waals surface area (Å²) in [4.78, 5) is 32.8. The third-order valence-corrected chi connectivity index (χ3v) is 7.24. The monoisotopic (exact) mass is 484 g/mol. The minimum Gasteiger partial charge on any atom is -0.391 e.